The van der Waals surface area contributed by atoms with E-state index in [-0.39, 0.29) is 5.91 Å². The van der Waals surface area contributed by atoms with E-state index in [0.717, 1.165) is 42.0 Å². The number of benzene rings is 1. The molecule has 1 rings (SSSR count). The highest BCUT2D eigenvalue weighted by Crippen LogP contribution is 2.30. The van der Waals surface area contributed by atoms with Crippen LogP contribution in [0.3, 0.4) is 0 Å². The topological polar surface area (TPSA) is 102 Å². The first-order chi connectivity index (χ1) is 16.0. The molecule has 188 valence electrons. The molecule has 0 radical (unpaired) electrons. The molecule has 0 aliphatic heterocycles. The van der Waals surface area contributed by atoms with E-state index < -0.39 is 0 Å². The van der Waals surface area contributed by atoms with E-state index in [1.165, 1.54) is 14.0 Å². The van der Waals surface area contributed by atoms with Crippen molar-refractivity contribution in [3.8, 4) is 5.75 Å². The highest BCUT2D eigenvalue weighted by atomic mass is 16.5. The zero-order valence-electron chi connectivity index (χ0n) is 22.1. The normalized spacial score (nSPS) is 10.3. The summed E-state index contributed by atoms with van der Waals surface area (Å²) in [4.78, 5) is 10.2. The first-order valence-electron chi connectivity index (χ1n) is 11.5. The van der Waals surface area contributed by atoms with Crippen molar-refractivity contribution in [3.63, 3.8) is 0 Å². The van der Waals surface area contributed by atoms with Gasteiger partial charge >= 0.3 is 0 Å². The van der Waals surface area contributed by atoms with Crippen LogP contribution in [-0.2, 0) is 11.2 Å². The molecule has 0 aliphatic rings. The van der Waals surface area contributed by atoms with Crippen LogP contribution in [0.1, 0.15) is 52.2 Å². The third-order valence-electron chi connectivity index (χ3n) is 3.80. The van der Waals surface area contributed by atoms with Gasteiger partial charge in [-0.05, 0) is 46.0 Å². The average Bonchev–Trinajstić information content (AvgIpc) is 2.84. The second-order valence-corrected chi connectivity index (χ2v) is 6.20. The van der Waals surface area contributed by atoms with Crippen molar-refractivity contribution in [3.05, 3.63) is 65.8 Å². The van der Waals surface area contributed by atoms with E-state index in [1.54, 1.807) is 7.11 Å². The van der Waals surface area contributed by atoms with E-state index in [9.17, 15) is 4.79 Å². The van der Waals surface area contributed by atoms with Crippen LogP contribution in [0.25, 0.3) is 6.08 Å². The number of nitrogens with two attached hydrogens (primary N) is 2. The van der Waals surface area contributed by atoms with Crippen LogP contribution < -0.4 is 26.8 Å². The summed E-state index contributed by atoms with van der Waals surface area (Å²) in [7, 11) is 5.04. The van der Waals surface area contributed by atoms with Crippen LogP contribution in [0.4, 0.5) is 5.69 Å². The minimum Gasteiger partial charge on any atom is -0.496 e. The van der Waals surface area contributed by atoms with Crippen LogP contribution in [0.15, 0.2) is 54.7 Å². The zero-order valence-corrected chi connectivity index (χ0v) is 22.1. The molecule has 0 saturated carbocycles. The Morgan fingerprint density at radius 2 is 1.70 bits per heavy atom. The van der Waals surface area contributed by atoms with Gasteiger partial charge in [-0.1, -0.05) is 69.4 Å². The maximum Gasteiger partial charge on any atom is 0.216 e. The van der Waals surface area contributed by atoms with Crippen molar-refractivity contribution < 1.29 is 9.53 Å². The molecule has 1 amide bonds. The van der Waals surface area contributed by atoms with Crippen LogP contribution in [0.5, 0.6) is 5.75 Å². The Morgan fingerprint density at radius 3 is 2.21 bits per heavy atom. The predicted octanol–water partition coefficient (Wildman–Crippen LogP) is 4.87. The van der Waals surface area contributed by atoms with Gasteiger partial charge in [-0.15, -0.1) is 0 Å². The first kappa shape index (κ1) is 34.8. The number of carbonyl (C=O) groups is 1. The standard InChI is InChI=1S/C19H25NO.C5H12N2O.C2H6.CH5N/c1-4-6-8-9-10-11-13-17-18(20)15-14-16(12-7-5-2)19(17)21-3;1-5(8)7-4-3-6-2;2*1-2/h4,6-12,14-15H,5,13,20H2,1-3H3;6H,3-4H2,1-2H3,(H,7,8);1-2H3;2H2,1H3/b6-4-,9-8-,11-10+,12-7-;;;. The van der Waals surface area contributed by atoms with Crippen molar-refractivity contribution in [1.29, 1.82) is 0 Å². The Bertz CT molecular complexity index is 708. The Kier molecular flexibility index (Phi) is 28.7. The molecular weight excluding hydrogens is 412 g/mol. The molecule has 0 spiro atoms. The monoisotopic (exact) mass is 460 g/mol. The lowest BCUT2D eigenvalue weighted by atomic mass is 10.0. The van der Waals surface area contributed by atoms with E-state index in [2.05, 4.69) is 41.5 Å². The molecule has 0 aromatic heterocycles. The minimum atomic E-state index is 0.0280. The molecule has 0 saturated heterocycles. The third kappa shape index (κ3) is 19.6. The molecule has 6 nitrogen and oxygen atoms in total. The molecule has 6 N–H and O–H groups in total. The molecule has 0 bridgehead atoms. The molecule has 1 aromatic carbocycles. The maximum atomic E-state index is 10.2. The van der Waals surface area contributed by atoms with E-state index in [4.69, 9.17) is 10.5 Å². The van der Waals surface area contributed by atoms with Crippen LogP contribution in [-0.4, -0.2) is 40.2 Å². The summed E-state index contributed by atoms with van der Waals surface area (Å²) in [5, 5.41) is 5.55. The van der Waals surface area contributed by atoms with Gasteiger partial charge in [0.25, 0.3) is 0 Å². The predicted molar refractivity (Wildman–Crippen MR) is 148 cm³/mol. The van der Waals surface area contributed by atoms with Crippen molar-refractivity contribution >= 4 is 17.7 Å². The fourth-order valence-corrected chi connectivity index (χ4v) is 2.36. The average molecular weight is 461 g/mol. The van der Waals surface area contributed by atoms with Gasteiger partial charge in [-0.25, -0.2) is 0 Å². The lowest BCUT2D eigenvalue weighted by Crippen LogP contribution is -2.28. The molecule has 0 unspecified atom stereocenters. The second-order valence-electron chi connectivity index (χ2n) is 6.20. The van der Waals surface area contributed by atoms with Gasteiger partial charge < -0.3 is 26.8 Å². The summed E-state index contributed by atoms with van der Waals surface area (Å²) in [5.74, 6) is 0.891. The quantitative estimate of drug-likeness (QED) is 0.226. The number of allylic oxidation sites excluding steroid dienone is 7. The third-order valence-corrected chi connectivity index (χ3v) is 3.80. The summed E-state index contributed by atoms with van der Waals surface area (Å²) in [6, 6.07) is 3.94. The van der Waals surface area contributed by atoms with Crippen molar-refractivity contribution in [2.24, 2.45) is 5.73 Å². The number of anilines is 1. The summed E-state index contributed by atoms with van der Waals surface area (Å²) in [5.41, 5.74) is 13.5. The fraction of sp³-hybridized carbons (Fsp3) is 0.444. The summed E-state index contributed by atoms with van der Waals surface area (Å²) < 4.78 is 5.56. The number of hydrogen-bond donors (Lipinski definition) is 4. The number of rotatable bonds is 10. The summed E-state index contributed by atoms with van der Waals surface area (Å²) in [6.07, 6.45) is 18.0. The fourth-order valence-electron chi connectivity index (χ4n) is 2.36. The van der Waals surface area contributed by atoms with Crippen molar-refractivity contribution in [2.45, 2.75) is 47.5 Å². The Morgan fingerprint density at radius 1 is 1.06 bits per heavy atom. The molecule has 1 aromatic rings. The van der Waals surface area contributed by atoms with Gasteiger partial charge in [0.15, 0.2) is 0 Å². The van der Waals surface area contributed by atoms with Crippen LogP contribution in [0, 0.1) is 0 Å². The summed E-state index contributed by atoms with van der Waals surface area (Å²) in [6.45, 7) is 11.2. The molecule has 6 heteroatoms. The van der Waals surface area contributed by atoms with Gasteiger partial charge in [0.05, 0.1) is 7.11 Å². The van der Waals surface area contributed by atoms with Crippen LogP contribution in [0.2, 0.25) is 0 Å². The van der Waals surface area contributed by atoms with Gasteiger partial charge in [0, 0.05) is 36.8 Å². The molecule has 33 heavy (non-hydrogen) atoms. The lowest BCUT2D eigenvalue weighted by Gasteiger charge is -2.13. The highest BCUT2D eigenvalue weighted by molar-refractivity contribution is 5.72. The first-order valence-corrected chi connectivity index (χ1v) is 11.5. The second kappa shape index (κ2) is 27.2. The Hall–Kier alpha value is -2.83. The van der Waals surface area contributed by atoms with Gasteiger partial charge in [-0.3, -0.25) is 4.79 Å². The number of methoxy groups -OCH3 is 1. The number of ether oxygens (including phenoxy) is 1. The number of likely N-dealkylation sites (N-methyl/N-ethyl adjacent to an activating group) is 1. The SMILES string of the molecule is CC.CN.CNCCNC(C)=O.C\C=C/C=C\C=C\Cc1c(N)ccc(/C=C\CC)c1OC. The molecule has 0 fully saturated rings. The number of nitrogens with one attached hydrogen (secondary N) is 2. The largest absolute Gasteiger partial charge is 0.496 e. The summed E-state index contributed by atoms with van der Waals surface area (Å²) >= 11 is 0. The molecule has 0 aliphatic carbocycles. The van der Waals surface area contributed by atoms with Gasteiger partial charge in [0.1, 0.15) is 5.75 Å². The smallest absolute Gasteiger partial charge is 0.216 e. The van der Waals surface area contributed by atoms with E-state index in [0.29, 0.717) is 6.54 Å². The highest BCUT2D eigenvalue weighted by Gasteiger charge is 2.09. The molecule has 0 atom stereocenters. The maximum absolute atomic E-state index is 10.2. The number of carbonyl (C=O) groups excluding carboxylic acids is 1. The minimum absolute atomic E-state index is 0.0280. The van der Waals surface area contributed by atoms with Crippen molar-refractivity contribution in [1.82, 2.24) is 10.6 Å². The Labute approximate surface area is 202 Å². The number of nitrogen functional groups attached to an aromatic ring is 1. The molecule has 0 heterocycles. The van der Waals surface area contributed by atoms with E-state index >= 15 is 0 Å². The zero-order chi connectivity index (χ0) is 25.9. The number of amides is 1. The van der Waals surface area contributed by atoms with E-state index in [1.807, 2.05) is 70.3 Å². The Balaban J connectivity index is -0.000000628. The lowest BCUT2D eigenvalue weighted by molar-refractivity contribution is -0.118. The molecular formula is C27H48N4O2. The van der Waals surface area contributed by atoms with Gasteiger partial charge in [0.2, 0.25) is 5.91 Å². The number of hydrogen-bond acceptors (Lipinski definition) is 5. The van der Waals surface area contributed by atoms with Gasteiger partial charge in [-0.2, -0.15) is 0 Å². The van der Waals surface area contributed by atoms with Crippen molar-refractivity contribution in [2.75, 3.05) is 40.0 Å². The van der Waals surface area contributed by atoms with Crippen LogP contribution >= 0.6 is 0 Å².